The molecule has 166 valence electrons. The number of fused-ring (bicyclic) bond motifs is 1. The van der Waals surface area contributed by atoms with Crippen molar-refractivity contribution in [3.8, 4) is 17.1 Å². The fourth-order valence-corrected chi connectivity index (χ4v) is 4.61. The molecule has 0 bridgehead atoms. The number of ether oxygens (including phenoxy) is 3. The van der Waals surface area contributed by atoms with Crippen LogP contribution in [0.4, 0.5) is 4.79 Å². The number of hydrogen-bond donors (Lipinski definition) is 2. The van der Waals surface area contributed by atoms with E-state index in [0.717, 1.165) is 18.4 Å². The third-order valence-corrected chi connectivity index (χ3v) is 6.19. The second-order valence-electron chi connectivity index (χ2n) is 8.47. The van der Waals surface area contributed by atoms with E-state index >= 15 is 0 Å². The molecular formula is C22H28N4O5. The van der Waals surface area contributed by atoms with Gasteiger partial charge >= 0.3 is 6.03 Å². The maximum Gasteiger partial charge on any atom is 0.315 e. The zero-order chi connectivity index (χ0) is 21.2. The summed E-state index contributed by atoms with van der Waals surface area (Å²) in [5, 5.41) is 10.0. The number of carbonyl (C=O) groups excluding carboxylic acids is 1. The van der Waals surface area contributed by atoms with E-state index in [4.69, 9.17) is 18.7 Å². The maximum absolute atomic E-state index is 12.4. The van der Waals surface area contributed by atoms with Crippen molar-refractivity contribution >= 4 is 6.03 Å². The lowest BCUT2D eigenvalue weighted by Crippen LogP contribution is -2.51. The van der Waals surface area contributed by atoms with Crippen molar-refractivity contribution < 1.29 is 23.5 Å². The quantitative estimate of drug-likeness (QED) is 0.754. The van der Waals surface area contributed by atoms with Crippen molar-refractivity contribution in [3.63, 3.8) is 0 Å². The van der Waals surface area contributed by atoms with Crippen molar-refractivity contribution in [2.75, 3.05) is 13.2 Å². The highest BCUT2D eigenvalue weighted by Gasteiger charge is 2.49. The number of benzene rings is 1. The highest BCUT2D eigenvalue weighted by atomic mass is 16.6. The first kappa shape index (κ1) is 20.3. The zero-order valence-corrected chi connectivity index (χ0v) is 17.6. The van der Waals surface area contributed by atoms with E-state index in [0.29, 0.717) is 30.7 Å². The number of amides is 2. The number of nitrogens with zero attached hydrogens (tertiary/aromatic N) is 2. The van der Waals surface area contributed by atoms with E-state index in [1.54, 1.807) is 6.92 Å². The Bertz CT molecular complexity index is 896. The molecule has 5 rings (SSSR count). The average molecular weight is 428 g/mol. The van der Waals surface area contributed by atoms with Crippen molar-refractivity contribution in [2.24, 2.45) is 0 Å². The number of urea groups is 1. The summed E-state index contributed by atoms with van der Waals surface area (Å²) < 4.78 is 23.0. The molecule has 4 atom stereocenters. The van der Waals surface area contributed by atoms with E-state index in [1.165, 1.54) is 19.3 Å². The van der Waals surface area contributed by atoms with Gasteiger partial charge in [0, 0.05) is 18.5 Å². The first-order chi connectivity index (χ1) is 15.2. The van der Waals surface area contributed by atoms with Crippen LogP contribution in [0.1, 0.15) is 38.0 Å². The van der Waals surface area contributed by atoms with Crippen LogP contribution in [-0.4, -0.2) is 59.8 Å². The molecule has 1 saturated carbocycles. The van der Waals surface area contributed by atoms with Gasteiger partial charge in [-0.15, -0.1) is 0 Å². The summed E-state index contributed by atoms with van der Waals surface area (Å²) in [6.45, 7) is 2.60. The first-order valence-corrected chi connectivity index (χ1v) is 11.0. The van der Waals surface area contributed by atoms with Crippen LogP contribution < -0.4 is 15.4 Å². The lowest BCUT2D eigenvalue weighted by atomic mass is 9.96. The Morgan fingerprint density at radius 1 is 1.03 bits per heavy atom. The number of nitrogens with one attached hydrogen (secondary N) is 2. The monoisotopic (exact) mass is 428 g/mol. The summed E-state index contributed by atoms with van der Waals surface area (Å²) in [6, 6.07) is 7.48. The maximum atomic E-state index is 12.4. The second-order valence-corrected chi connectivity index (χ2v) is 8.47. The molecule has 2 N–H and O–H groups in total. The molecule has 2 aromatic rings. The molecule has 3 aliphatic rings. The van der Waals surface area contributed by atoms with Crippen LogP contribution in [0.15, 0.2) is 28.8 Å². The van der Waals surface area contributed by atoms with Gasteiger partial charge in [-0.1, -0.05) is 24.4 Å². The Hall–Kier alpha value is -2.65. The molecule has 9 nitrogen and oxygen atoms in total. The fourth-order valence-electron chi connectivity index (χ4n) is 4.61. The fraction of sp³-hybridized carbons (Fsp3) is 0.591. The normalized spacial score (nSPS) is 28.3. The molecule has 1 aromatic carbocycles. The van der Waals surface area contributed by atoms with E-state index in [2.05, 4.69) is 20.8 Å². The number of hydrogen-bond acceptors (Lipinski definition) is 7. The van der Waals surface area contributed by atoms with E-state index < -0.39 is 0 Å². The molecule has 3 heterocycles. The summed E-state index contributed by atoms with van der Waals surface area (Å²) in [4.78, 5) is 16.6. The van der Waals surface area contributed by atoms with Crippen LogP contribution in [0.25, 0.3) is 11.4 Å². The molecular weight excluding hydrogens is 400 g/mol. The molecule has 9 heteroatoms. The van der Waals surface area contributed by atoms with E-state index in [-0.39, 0.29) is 36.4 Å². The minimum atomic E-state index is -0.225. The van der Waals surface area contributed by atoms with Crippen LogP contribution in [0, 0.1) is 6.92 Å². The van der Waals surface area contributed by atoms with E-state index in [9.17, 15) is 4.79 Å². The van der Waals surface area contributed by atoms with Gasteiger partial charge in [-0.25, -0.2) is 4.79 Å². The lowest BCUT2D eigenvalue weighted by molar-refractivity contribution is 0.0303. The molecule has 31 heavy (non-hydrogen) atoms. The van der Waals surface area contributed by atoms with Gasteiger partial charge < -0.3 is 29.4 Å². The highest BCUT2D eigenvalue weighted by molar-refractivity contribution is 5.74. The van der Waals surface area contributed by atoms with Crippen LogP contribution in [-0.2, 0) is 9.47 Å². The van der Waals surface area contributed by atoms with Gasteiger partial charge in [0.15, 0.2) is 6.10 Å². The Balaban J connectivity index is 1.14. The molecule has 3 fully saturated rings. The Kier molecular flexibility index (Phi) is 5.78. The summed E-state index contributed by atoms with van der Waals surface area (Å²) >= 11 is 0. The van der Waals surface area contributed by atoms with Crippen molar-refractivity contribution in [2.45, 2.75) is 69.4 Å². The predicted molar refractivity (Wildman–Crippen MR) is 111 cm³/mol. The second kappa shape index (κ2) is 8.84. The van der Waals surface area contributed by atoms with Gasteiger partial charge in [-0.3, -0.25) is 0 Å². The van der Waals surface area contributed by atoms with Crippen molar-refractivity contribution in [1.82, 2.24) is 20.8 Å². The summed E-state index contributed by atoms with van der Waals surface area (Å²) in [5.41, 5.74) is 0.857. The van der Waals surface area contributed by atoms with Gasteiger partial charge in [-0.05, 0) is 37.1 Å². The SMILES string of the molecule is Cc1nc(-c2ccc(O[C@H]3CO[C@H]4[C@@H]3OC[C@@H]4NC(=O)NC3CCCCC3)cc2)no1. The van der Waals surface area contributed by atoms with Gasteiger partial charge in [0.25, 0.3) is 0 Å². The Morgan fingerprint density at radius 3 is 2.55 bits per heavy atom. The summed E-state index contributed by atoms with van der Waals surface area (Å²) in [7, 11) is 0. The number of rotatable bonds is 5. The Morgan fingerprint density at radius 2 is 1.81 bits per heavy atom. The lowest BCUT2D eigenvalue weighted by Gasteiger charge is -2.24. The van der Waals surface area contributed by atoms with E-state index in [1.807, 2.05) is 24.3 Å². The smallest absolute Gasteiger partial charge is 0.315 e. The molecule has 2 amide bonds. The largest absolute Gasteiger partial charge is 0.485 e. The first-order valence-electron chi connectivity index (χ1n) is 11.0. The summed E-state index contributed by atoms with van der Waals surface area (Å²) in [6.07, 6.45) is 5.09. The van der Waals surface area contributed by atoms with Crippen molar-refractivity contribution in [1.29, 1.82) is 0 Å². The predicted octanol–water partition coefficient (Wildman–Crippen LogP) is 2.59. The molecule has 0 radical (unpaired) electrons. The van der Waals surface area contributed by atoms with Crippen LogP contribution >= 0.6 is 0 Å². The molecule has 0 unspecified atom stereocenters. The minimum absolute atomic E-state index is 0.138. The minimum Gasteiger partial charge on any atom is -0.485 e. The van der Waals surface area contributed by atoms with Gasteiger partial charge in [-0.2, -0.15) is 4.98 Å². The molecule has 1 aliphatic carbocycles. The van der Waals surface area contributed by atoms with Crippen molar-refractivity contribution in [3.05, 3.63) is 30.2 Å². The van der Waals surface area contributed by atoms with Crippen LogP contribution in [0.3, 0.4) is 0 Å². The molecule has 0 spiro atoms. The van der Waals surface area contributed by atoms with Gasteiger partial charge in [0.1, 0.15) is 18.0 Å². The third-order valence-electron chi connectivity index (χ3n) is 6.19. The number of aryl methyl sites for hydroxylation is 1. The summed E-state index contributed by atoms with van der Waals surface area (Å²) in [5.74, 6) is 1.79. The standard InChI is InChI=1S/C22H28N4O5/c1-13-23-21(26-31-13)14-7-9-16(10-8-14)30-18-12-29-19-17(11-28-20(18)19)25-22(27)24-15-5-3-2-4-6-15/h7-10,15,17-20H,2-6,11-12H2,1H3,(H2,24,25,27)/t17-,18-,19+,20+/m0/s1. The van der Waals surface area contributed by atoms with Crippen LogP contribution in [0.2, 0.25) is 0 Å². The highest BCUT2D eigenvalue weighted by Crippen LogP contribution is 2.31. The van der Waals surface area contributed by atoms with Gasteiger partial charge in [0.05, 0.1) is 19.3 Å². The van der Waals surface area contributed by atoms with Crippen LogP contribution in [0.5, 0.6) is 5.75 Å². The topological polar surface area (TPSA) is 108 Å². The molecule has 2 aliphatic heterocycles. The Labute approximate surface area is 180 Å². The van der Waals surface area contributed by atoms with Gasteiger partial charge in [0.2, 0.25) is 11.7 Å². The average Bonchev–Trinajstić information content (AvgIpc) is 3.48. The zero-order valence-electron chi connectivity index (χ0n) is 17.6. The number of aromatic nitrogens is 2. The number of carbonyl (C=O) groups is 1. The molecule has 2 saturated heterocycles. The third kappa shape index (κ3) is 4.52. The molecule has 1 aromatic heterocycles.